The second kappa shape index (κ2) is 11.0. The van der Waals surface area contributed by atoms with Gasteiger partial charge in [0.15, 0.2) is 5.78 Å². The molecular formula is C26H33N5O5S. The number of Topliss-reactive ketones (excluding diaryl/α,β-unsaturated/α-hetero) is 1. The number of ketones is 1. The summed E-state index contributed by atoms with van der Waals surface area (Å²) in [4.78, 5) is 45.7. The summed E-state index contributed by atoms with van der Waals surface area (Å²) in [5.41, 5.74) is 1.58. The summed E-state index contributed by atoms with van der Waals surface area (Å²) >= 11 is 0. The molecule has 1 N–H and O–H groups in total. The van der Waals surface area contributed by atoms with Crippen LogP contribution in [0.1, 0.15) is 36.5 Å². The van der Waals surface area contributed by atoms with Crippen LogP contribution < -0.4 is 10.2 Å². The SMILES string of the molecule is CC(CCNC(=O)c1ccc(N(C)C)cc1)CC(=O)N1CCC2C1C(=O)CN2S(=O)(=O)c1cccnc1. The molecule has 1 aromatic carbocycles. The molecule has 10 nitrogen and oxygen atoms in total. The van der Waals surface area contributed by atoms with Gasteiger partial charge in [-0.2, -0.15) is 4.31 Å². The lowest BCUT2D eigenvalue weighted by Gasteiger charge is -2.25. The quantitative estimate of drug-likeness (QED) is 0.525. The minimum Gasteiger partial charge on any atom is -0.378 e. The molecule has 11 heteroatoms. The molecule has 2 saturated heterocycles. The monoisotopic (exact) mass is 527 g/mol. The van der Waals surface area contributed by atoms with Crippen LogP contribution in [0.25, 0.3) is 0 Å². The molecule has 2 aliphatic heterocycles. The number of carbonyl (C=O) groups is 3. The summed E-state index contributed by atoms with van der Waals surface area (Å²) in [6.45, 7) is 2.45. The molecule has 0 spiro atoms. The van der Waals surface area contributed by atoms with Crippen LogP contribution in [-0.2, 0) is 19.6 Å². The number of benzene rings is 1. The third kappa shape index (κ3) is 5.67. The number of fused-ring (bicyclic) bond motifs is 1. The number of aromatic nitrogens is 1. The van der Waals surface area contributed by atoms with Gasteiger partial charge < -0.3 is 15.1 Å². The Bertz CT molecular complexity index is 1250. The number of pyridine rings is 1. The van der Waals surface area contributed by atoms with Gasteiger partial charge in [-0.15, -0.1) is 0 Å². The number of hydrogen-bond donors (Lipinski definition) is 1. The fourth-order valence-corrected chi connectivity index (χ4v) is 6.56. The van der Waals surface area contributed by atoms with Gasteiger partial charge in [0.25, 0.3) is 5.91 Å². The number of nitrogens with one attached hydrogen (secondary N) is 1. The summed E-state index contributed by atoms with van der Waals surface area (Å²) < 4.78 is 27.4. The molecule has 0 aliphatic carbocycles. The van der Waals surface area contributed by atoms with Crippen molar-refractivity contribution >= 4 is 33.3 Å². The normalized spacial score (nSPS) is 20.5. The number of carbonyl (C=O) groups excluding carboxylic acids is 3. The van der Waals surface area contributed by atoms with Crippen molar-refractivity contribution in [2.75, 3.05) is 38.6 Å². The first-order chi connectivity index (χ1) is 17.6. The Morgan fingerprint density at radius 2 is 1.92 bits per heavy atom. The highest BCUT2D eigenvalue weighted by molar-refractivity contribution is 7.89. The Morgan fingerprint density at radius 1 is 1.19 bits per heavy atom. The minimum absolute atomic E-state index is 0.0188. The molecule has 2 aromatic rings. The van der Waals surface area contributed by atoms with Crippen molar-refractivity contribution in [1.29, 1.82) is 0 Å². The van der Waals surface area contributed by atoms with Crippen LogP contribution >= 0.6 is 0 Å². The Hall–Kier alpha value is -3.31. The maximum atomic E-state index is 13.1. The summed E-state index contributed by atoms with van der Waals surface area (Å²) in [6, 6.07) is 9.00. The predicted molar refractivity (Wildman–Crippen MR) is 139 cm³/mol. The highest BCUT2D eigenvalue weighted by Crippen LogP contribution is 2.34. The summed E-state index contributed by atoms with van der Waals surface area (Å²) in [6.07, 6.45) is 3.99. The van der Waals surface area contributed by atoms with Gasteiger partial charge in [-0.3, -0.25) is 19.4 Å². The minimum atomic E-state index is -3.88. The van der Waals surface area contributed by atoms with Crippen molar-refractivity contribution in [3.8, 4) is 0 Å². The number of hydrogen-bond acceptors (Lipinski definition) is 7. The van der Waals surface area contributed by atoms with Gasteiger partial charge in [-0.05, 0) is 55.2 Å². The fourth-order valence-electron chi connectivity index (χ4n) is 4.97. The summed E-state index contributed by atoms with van der Waals surface area (Å²) in [5, 5.41) is 2.89. The van der Waals surface area contributed by atoms with E-state index in [1.54, 1.807) is 12.1 Å². The second-order valence-electron chi connectivity index (χ2n) is 9.89. The average molecular weight is 528 g/mol. The van der Waals surface area contributed by atoms with Crippen LogP contribution in [0, 0.1) is 5.92 Å². The molecular weight excluding hydrogens is 494 g/mol. The van der Waals surface area contributed by atoms with Gasteiger partial charge in [0.2, 0.25) is 15.9 Å². The van der Waals surface area contributed by atoms with E-state index in [-0.39, 0.29) is 41.4 Å². The van der Waals surface area contributed by atoms with Crippen molar-refractivity contribution in [2.24, 2.45) is 5.92 Å². The molecule has 3 unspecified atom stereocenters. The van der Waals surface area contributed by atoms with Crippen LogP contribution in [-0.4, -0.2) is 86.0 Å². The molecule has 1 aromatic heterocycles. The topological polar surface area (TPSA) is 120 Å². The summed E-state index contributed by atoms with van der Waals surface area (Å²) in [7, 11) is -0.0113. The standard InChI is InChI=1S/C26H33N5O5S/c1-18(10-13-28-26(34)19-6-8-20(9-7-19)29(2)3)15-24(33)30-14-11-22-25(30)23(32)17-31(22)37(35,36)21-5-4-12-27-16-21/h4-9,12,16,18,22,25H,10-11,13-15,17H2,1-3H3,(H,28,34). The largest absolute Gasteiger partial charge is 0.378 e. The molecule has 2 aliphatic rings. The van der Waals surface area contributed by atoms with Crippen molar-refractivity contribution in [3.05, 3.63) is 54.4 Å². The maximum Gasteiger partial charge on any atom is 0.251 e. The predicted octanol–water partition coefficient (Wildman–Crippen LogP) is 1.54. The third-order valence-corrected chi connectivity index (χ3v) is 8.89. The number of nitrogens with zero attached hydrogens (tertiary/aromatic N) is 4. The Labute approximate surface area is 217 Å². The van der Waals surface area contributed by atoms with Crippen molar-refractivity contribution in [2.45, 2.75) is 43.2 Å². The van der Waals surface area contributed by atoms with E-state index in [0.717, 1.165) is 5.69 Å². The van der Waals surface area contributed by atoms with E-state index in [9.17, 15) is 22.8 Å². The van der Waals surface area contributed by atoms with Crippen LogP contribution in [0.4, 0.5) is 5.69 Å². The Balaban J connectivity index is 1.29. The van der Waals surface area contributed by atoms with E-state index in [1.807, 2.05) is 38.1 Å². The average Bonchev–Trinajstić information content (AvgIpc) is 3.46. The van der Waals surface area contributed by atoms with Crippen molar-refractivity contribution in [3.63, 3.8) is 0 Å². The third-order valence-electron chi connectivity index (χ3n) is 7.03. The van der Waals surface area contributed by atoms with Gasteiger partial charge >= 0.3 is 0 Å². The molecule has 198 valence electrons. The van der Waals surface area contributed by atoms with Crippen LogP contribution in [0.2, 0.25) is 0 Å². The lowest BCUT2D eigenvalue weighted by molar-refractivity contribution is -0.137. The lowest BCUT2D eigenvalue weighted by Crippen LogP contribution is -2.44. The first kappa shape index (κ1) is 26.7. The van der Waals surface area contributed by atoms with E-state index in [1.165, 1.54) is 33.7 Å². The number of rotatable bonds is 9. The van der Waals surface area contributed by atoms with Crippen LogP contribution in [0.5, 0.6) is 0 Å². The zero-order chi connectivity index (χ0) is 26.7. The first-order valence-electron chi connectivity index (χ1n) is 12.4. The van der Waals surface area contributed by atoms with Gasteiger partial charge in [0.1, 0.15) is 10.9 Å². The highest BCUT2D eigenvalue weighted by Gasteiger charge is 2.53. The highest BCUT2D eigenvalue weighted by atomic mass is 32.2. The Morgan fingerprint density at radius 3 is 2.57 bits per heavy atom. The van der Waals surface area contributed by atoms with Crippen LogP contribution in [0.3, 0.4) is 0 Å². The van der Waals surface area contributed by atoms with Gasteiger partial charge in [-0.1, -0.05) is 6.92 Å². The zero-order valence-electron chi connectivity index (χ0n) is 21.3. The van der Waals surface area contributed by atoms with Crippen molar-refractivity contribution in [1.82, 2.24) is 19.5 Å². The van der Waals surface area contributed by atoms with E-state index in [2.05, 4.69) is 10.3 Å². The summed E-state index contributed by atoms with van der Waals surface area (Å²) in [5.74, 6) is -0.615. The van der Waals surface area contributed by atoms with Gasteiger partial charge in [-0.25, -0.2) is 8.42 Å². The van der Waals surface area contributed by atoms with Gasteiger partial charge in [0, 0.05) is 57.3 Å². The lowest BCUT2D eigenvalue weighted by atomic mass is 10.0. The zero-order valence-corrected chi connectivity index (χ0v) is 22.1. The number of anilines is 1. The fraction of sp³-hybridized carbons (Fsp3) is 0.462. The Kier molecular flexibility index (Phi) is 7.93. The molecule has 4 rings (SSSR count). The molecule has 0 radical (unpaired) electrons. The van der Waals surface area contributed by atoms with Crippen LogP contribution in [0.15, 0.2) is 53.7 Å². The van der Waals surface area contributed by atoms with Gasteiger partial charge in [0.05, 0.1) is 12.6 Å². The second-order valence-corrected chi connectivity index (χ2v) is 11.8. The molecule has 2 fully saturated rings. The molecule has 3 atom stereocenters. The molecule has 2 amide bonds. The van der Waals surface area contributed by atoms with E-state index in [0.29, 0.717) is 31.5 Å². The first-order valence-corrected chi connectivity index (χ1v) is 13.8. The maximum absolute atomic E-state index is 13.1. The number of likely N-dealkylation sites (tertiary alicyclic amines) is 1. The molecule has 3 heterocycles. The molecule has 0 saturated carbocycles. The van der Waals surface area contributed by atoms with E-state index < -0.39 is 22.1 Å². The number of sulfonamides is 1. The molecule has 0 bridgehead atoms. The number of amides is 2. The molecule has 37 heavy (non-hydrogen) atoms. The van der Waals surface area contributed by atoms with E-state index >= 15 is 0 Å². The van der Waals surface area contributed by atoms with E-state index in [4.69, 9.17) is 0 Å². The smallest absolute Gasteiger partial charge is 0.251 e. The van der Waals surface area contributed by atoms with Crippen molar-refractivity contribution < 1.29 is 22.8 Å².